The Morgan fingerprint density at radius 2 is 2.11 bits per heavy atom. The van der Waals surface area contributed by atoms with Gasteiger partial charge in [0.15, 0.2) is 0 Å². The standard InChI is InChI=1S/C14H18ClNO2/c1-4-16-12-7-6-10(18-5-2)8-11(12)13(9(3)17)14(16)15/h6-9,17H,4-5H2,1-3H3. The van der Waals surface area contributed by atoms with Crippen molar-refractivity contribution < 1.29 is 9.84 Å². The van der Waals surface area contributed by atoms with E-state index in [0.717, 1.165) is 28.8 Å². The van der Waals surface area contributed by atoms with E-state index in [9.17, 15) is 5.11 Å². The maximum absolute atomic E-state index is 9.89. The number of rotatable bonds is 4. The Morgan fingerprint density at radius 3 is 2.67 bits per heavy atom. The molecule has 0 radical (unpaired) electrons. The number of aliphatic hydroxyl groups excluding tert-OH is 1. The summed E-state index contributed by atoms with van der Waals surface area (Å²) >= 11 is 6.34. The average Bonchev–Trinajstić information content (AvgIpc) is 2.60. The Hall–Kier alpha value is -1.19. The first-order chi connectivity index (χ1) is 8.60. The molecule has 1 aromatic carbocycles. The SMILES string of the molecule is CCOc1ccc2c(c1)c(C(C)O)c(Cl)n2CC. The van der Waals surface area contributed by atoms with Gasteiger partial charge in [-0.15, -0.1) is 0 Å². The van der Waals surface area contributed by atoms with Gasteiger partial charge in [-0.2, -0.15) is 0 Å². The van der Waals surface area contributed by atoms with E-state index in [4.69, 9.17) is 16.3 Å². The van der Waals surface area contributed by atoms with E-state index < -0.39 is 6.10 Å². The van der Waals surface area contributed by atoms with Crippen LogP contribution in [-0.2, 0) is 6.54 Å². The maximum Gasteiger partial charge on any atom is 0.120 e. The quantitative estimate of drug-likeness (QED) is 0.915. The summed E-state index contributed by atoms with van der Waals surface area (Å²) in [5.41, 5.74) is 1.80. The zero-order chi connectivity index (χ0) is 13.3. The van der Waals surface area contributed by atoms with Crippen LogP contribution in [0.15, 0.2) is 18.2 Å². The monoisotopic (exact) mass is 267 g/mol. The Balaban J connectivity index is 2.71. The normalized spacial score (nSPS) is 12.9. The minimum absolute atomic E-state index is 0.593. The Bertz CT molecular complexity index is 560. The van der Waals surface area contributed by atoms with E-state index in [1.54, 1.807) is 6.92 Å². The van der Waals surface area contributed by atoms with Crippen LogP contribution in [0.4, 0.5) is 0 Å². The minimum atomic E-state index is -0.593. The third-order valence-electron chi connectivity index (χ3n) is 3.05. The number of aromatic nitrogens is 1. The first-order valence-electron chi connectivity index (χ1n) is 6.22. The number of benzene rings is 1. The van der Waals surface area contributed by atoms with E-state index >= 15 is 0 Å². The van der Waals surface area contributed by atoms with Gasteiger partial charge in [-0.05, 0) is 39.0 Å². The second-order valence-electron chi connectivity index (χ2n) is 4.24. The summed E-state index contributed by atoms with van der Waals surface area (Å²) in [5.74, 6) is 0.803. The van der Waals surface area contributed by atoms with E-state index in [1.165, 1.54) is 0 Å². The molecular formula is C14H18ClNO2. The topological polar surface area (TPSA) is 34.4 Å². The van der Waals surface area contributed by atoms with Gasteiger partial charge in [-0.1, -0.05) is 11.6 Å². The van der Waals surface area contributed by atoms with Gasteiger partial charge < -0.3 is 14.4 Å². The molecule has 1 aromatic heterocycles. The van der Waals surface area contributed by atoms with Crippen LogP contribution in [0.3, 0.4) is 0 Å². The molecule has 0 aliphatic carbocycles. The fourth-order valence-electron chi connectivity index (χ4n) is 2.29. The third kappa shape index (κ3) is 2.08. The number of aliphatic hydroxyl groups is 1. The number of hydrogen-bond donors (Lipinski definition) is 1. The summed E-state index contributed by atoms with van der Waals surface area (Å²) in [6, 6.07) is 5.86. The highest BCUT2D eigenvalue weighted by molar-refractivity contribution is 6.32. The molecule has 1 unspecified atom stereocenters. The fourth-order valence-corrected chi connectivity index (χ4v) is 2.76. The number of fused-ring (bicyclic) bond motifs is 1. The van der Waals surface area contributed by atoms with E-state index in [2.05, 4.69) is 0 Å². The van der Waals surface area contributed by atoms with E-state index in [1.807, 2.05) is 36.6 Å². The van der Waals surface area contributed by atoms with Crippen LogP contribution in [0.5, 0.6) is 5.75 Å². The molecule has 0 aliphatic rings. The highest BCUT2D eigenvalue weighted by atomic mass is 35.5. The van der Waals surface area contributed by atoms with Gasteiger partial charge in [0.25, 0.3) is 0 Å². The lowest BCUT2D eigenvalue weighted by molar-refractivity contribution is 0.200. The van der Waals surface area contributed by atoms with Crippen LogP contribution >= 0.6 is 11.6 Å². The summed E-state index contributed by atoms with van der Waals surface area (Å²) in [7, 11) is 0. The van der Waals surface area contributed by atoms with Crippen molar-refractivity contribution in [3.05, 3.63) is 28.9 Å². The second kappa shape index (κ2) is 5.21. The zero-order valence-corrected chi connectivity index (χ0v) is 11.7. The van der Waals surface area contributed by atoms with Gasteiger partial charge in [0, 0.05) is 23.0 Å². The number of halogens is 1. The summed E-state index contributed by atoms with van der Waals surface area (Å²) in [5, 5.41) is 11.5. The molecule has 0 saturated heterocycles. The summed E-state index contributed by atoms with van der Waals surface area (Å²) in [6.07, 6.45) is -0.593. The van der Waals surface area contributed by atoms with Crippen molar-refractivity contribution in [3.63, 3.8) is 0 Å². The molecular weight excluding hydrogens is 250 g/mol. The number of nitrogens with zero attached hydrogens (tertiary/aromatic N) is 1. The number of aryl methyl sites for hydroxylation is 1. The lowest BCUT2D eigenvalue weighted by Gasteiger charge is -2.05. The van der Waals surface area contributed by atoms with Crippen molar-refractivity contribution in [3.8, 4) is 5.75 Å². The van der Waals surface area contributed by atoms with Gasteiger partial charge in [0.05, 0.1) is 12.7 Å². The Labute approximate surface area is 112 Å². The highest BCUT2D eigenvalue weighted by Gasteiger charge is 2.18. The molecule has 4 heteroatoms. The van der Waals surface area contributed by atoms with Gasteiger partial charge in [0.1, 0.15) is 10.9 Å². The minimum Gasteiger partial charge on any atom is -0.494 e. The van der Waals surface area contributed by atoms with Crippen LogP contribution in [0.2, 0.25) is 5.15 Å². The van der Waals surface area contributed by atoms with Crippen LogP contribution in [0.25, 0.3) is 10.9 Å². The van der Waals surface area contributed by atoms with Gasteiger partial charge in [-0.25, -0.2) is 0 Å². The molecule has 18 heavy (non-hydrogen) atoms. The Morgan fingerprint density at radius 1 is 1.39 bits per heavy atom. The van der Waals surface area contributed by atoms with E-state index in [-0.39, 0.29) is 0 Å². The lowest BCUT2D eigenvalue weighted by atomic mass is 10.1. The molecule has 0 fully saturated rings. The van der Waals surface area contributed by atoms with Crippen LogP contribution in [0, 0.1) is 0 Å². The van der Waals surface area contributed by atoms with Gasteiger partial charge in [-0.3, -0.25) is 0 Å². The first-order valence-corrected chi connectivity index (χ1v) is 6.60. The highest BCUT2D eigenvalue weighted by Crippen LogP contribution is 2.36. The van der Waals surface area contributed by atoms with Crippen LogP contribution in [-0.4, -0.2) is 16.3 Å². The number of hydrogen-bond acceptors (Lipinski definition) is 2. The average molecular weight is 268 g/mol. The van der Waals surface area contributed by atoms with Crippen molar-refractivity contribution in [1.82, 2.24) is 4.57 Å². The van der Waals surface area contributed by atoms with Gasteiger partial charge in [0.2, 0.25) is 0 Å². The second-order valence-corrected chi connectivity index (χ2v) is 4.59. The molecule has 3 nitrogen and oxygen atoms in total. The third-order valence-corrected chi connectivity index (χ3v) is 3.46. The van der Waals surface area contributed by atoms with Crippen molar-refractivity contribution in [2.45, 2.75) is 33.4 Å². The molecule has 0 spiro atoms. The largest absolute Gasteiger partial charge is 0.494 e. The Kier molecular flexibility index (Phi) is 3.83. The molecule has 0 aliphatic heterocycles. The molecule has 1 heterocycles. The molecule has 2 aromatic rings. The molecule has 1 atom stereocenters. The van der Waals surface area contributed by atoms with Gasteiger partial charge >= 0.3 is 0 Å². The molecule has 2 rings (SSSR count). The van der Waals surface area contributed by atoms with Crippen LogP contribution < -0.4 is 4.74 Å². The maximum atomic E-state index is 9.89. The van der Waals surface area contributed by atoms with Crippen molar-refractivity contribution >= 4 is 22.5 Å². The van der Waals surface area contributed by atoms with Crippen LogP contribution in [0.1, 0.15) is 32.4 Å². The van der Waals surface area contributed by atoms with E-state index in [0.29, 0.717) is 11.8 Å². The zero-order valence-electron chi connectivity index (χ0n) is 10.9. The predicted molar refractivity (Wildman–Crippen MR) is 74.4 cm³/mol. The lowest BCUT2D eigenvalue weighted by Crippen LogP contribution is -1.95. The van der Waals surface area contributed by atoms with Crippen molar-refractivity contribution in [1.29, 1.82) is 0 Å². The summed E-state index contributed by atoms with van der Waals surface area (Å²) in [4.78, 5) is 0. The number of ether oxygens (including phenoxy) is 1. The smallest absolute Gasteiger partial charge is 0.120 e. The summed E-state index contributed by atoms with van der Waals surface area (Å²) < 4.78 is 7.49. The molecule has 0 amide bonds. The van der Waals surface area contributed by atoms with Crippen molar-refractivity contribution in [2.75, 3.05) is 6.61 Å². The molecule has 98 valence electrons. The molecule has 1 N–H and O–H groups in total. The molecule has 0 bridgehead atoms. The summed E-state index contributed by atoms with van der Waals surface area (Å²) in [6.45, 7) is 7.11. The van der Waals surface area contributed by atoms with Crippen molar-refractivity contribution in [2.24, 2.45) is 0 Å². The first kappa shape index (κ1) is 13.2. The fraction of sp³-hybridized carbons (Fsp3) is 0.429. The molecule has 0 saturated carbocycles. The predicted octanol–water partition coefficient (Wildman–Crippen LogP) is 3.77.